The number of β-amino-alcohol motifs (C(OH)–C–C–N with tert-alkyl or cyclic N) is 1. The third kappa shape index (κ3) is 4.07. The standard InChI is InChI=1S/C11H21N3O3.ClH/c15-7-6-13-2-4-14(5-3-13)11(16)10-9-12-1-8-17-10;/h10,12,15H,1-9H2;1H/t10-;/m0./s1. The summed E-state index contributed by atoms with van der Waals surface area (Å²) in [6.45, 7) is 6.09. The number of ether oxygens (including phenoxy) is 1. The van der Waals surface area contributed by atoms with Crippen LogP contribution in [0.5, 0.6) is 0 Å². The smallest absolute Gasteiger partial charge is 0.253 e. The number of hydrogen-bond acceptors (Lipinski definition) is 5. The lowest BCUT2D eigenvalue weighted by Crippen LogP contribution is -2.55. The van der Waals surface area contributed by atoms with E-state index in [0.717, 1.165) is 32.7 Å². The Labute approximate surface area is 114 Å². The highest BCUT2D eigenvalue weighted by atomic mass is 35.5. The Bertz CT molecular complexity index is 254. The number of nitrogens with one attached hydrogen (secondary N) is 1. The maximum absolute atomic E-state index is 12.1. The van der Waals surface area contributed by atoms with Gasteiger partial charge < -0.3 is 20.1 Å². The van der Waals surface area contributed by atoms with Crippen LogP contribution in [0.15, 0.2) is 0 Å². The van der Waals surface area contributed by atoms with Gasteiger partial charge in [0.05, 0.1) is 13.2 Å². The average Bonchev–Trinajstić information content (AvgIpc) is 2.40. The van der Waals surface area contributed by atoms with Gasteiger partial charge in [0.15, 0.2) is 0 Å². The quantitative estimate of drug-likeness (QED) is 0.661. The Morgan fingerprint density at radius 3 is 2.61 bits per heavy atom. The van der Waals surface area contributed by atoms with Crippen molar-refractivity contribution in [2.75, 3.05) is 59.0 Å². The minimum absolute atomic E-state index is 0. The van der Waals surface area contributed by atoms with Gasteiger partial charge in [0.25, 0.3) is 5.91 Å². The summed E-state index contributed by atoms with van der Waals surface area (Å²) in [6, 6.07) is 0. The number of carbonyl (C=O) groups excluding carboxylic acids is 1. The van der Waals surface area contributed by atoms with Gasteiger partial charge in [-0.1, -0.05) is 0 Å². The SMILES string of the molecule is Cl.O=C([C@@H]1CNCCO1)N1CCN(CCO)CC1. The molecule has 0 radical (unpaired) electrons. The van der Waals surface area contributed by atoms with Crippen molar-refractivity contribution in [1.29, 1.82) is 0 Å². The van der Waals surface area contributed by atoms with E-state index in [1.54, 1.807) is 0 Å². The number of carbonyl (C=O) groups is 1. The first-order valence-corrected chi connectivity index (χ1v) is 6.25. The molecule has 0 spiro atoms. The van der Waals surface area contributed by atoms with Crippen LogP contribution in [0, 0.1) is 0 Å². The highest BCUT2D eigenvalue weighted by Gasteiger charge is 2.28. The first-order valence-electron chi connectivity index (χ1n) is 6.25. The molecular formula is C11H22ClN3O3. The van der Waals surface area contributed by atoms with E-state index in [2.05, 4.69) is 10.2 Å². The third-order valence-electron chi connectivity index (χ3n) is 3.30. The van der Waals surface area contributed by atoms with Gasteiger partial charge in [-0.05, 0) is 0 Å². The average molecular weight is 280 g/mol. The van der Waals surface area contributed by atoms with Gasteiger partial charge in [0.1, 0.15) is 6.10 Å². The zero-order valence-corrected chi connectivity index (χ0v) is 11.3. The van der Waals surface area contributed by atoms with Crippen molar-refractivity contribution in [2.24, 2.45) is 0 Å². The zero-order chi connectivity index (χ0) is 12.1. The van der Waals surface area contributed by atoms with Gasteiger partial charge in [0.2, 0.25) is 0 Å². The van der Waals surface area contributed by atoms with Crippen LogP contribution in [0.3, 0.4) is 0 Å². The fourth-order valence-electron chi connectivity index (χ4n) is 2.26. The van der Waals surface area contributed by atoms with Crippen LogP contribution < -0.4 is 5.32 Å². The van der Waals surface area contributed by atoms with Gasteiger partial charge in [0, 0.05) is 45.8 Å². The van der Waals surface area contributed by atoms with Crippen LogP contribution in [0.2, 0.25) is 0 Å². The summed E-state index contributed by atoms with van der Waals surface area (Å²) in [5.74, 6) is 0.0980. The molecule has 2 N–H and O–H groups in total. The molecule has 2 aliphatic heterocycles. The number of hydrogen-bond donors (Lipinski definition) is 2. The van der Waals surface area contributed by atoms with Gasteiger partial charge in [-0.2, -0.15) is 0 Å². The second-order valence-corrected chi connectivity index (χ2v) is 4.45. The van der Waals surface area contributed by atoms with Crippen LogP contribution >= 0.6 is 12.4 Å². The lowest BCUT2D eigenvalue weighted by molar-refractivity contribution is -0.147. The number of piperazine rings is 1. The molecule has 2 fully saturated rings. The molecule has 2 rings (SSSR count). The summed E-state index contributed by atoms with van der Waals surface area (Å²) in [6.07, 6.45) is -0.312. The first kappa shape index (κ1) is 15.7. The van der Waals surface area contributed by atoms with E-state index in [-0.39, 0.29) is 31.0 Å². The predicted octanol–water partition coefficient (Wildman–Crippen LogP) is -1.47. The van der Waals surface area contributed by atoms with Crippen molar-refractivity contribution in [3.63, 3.8) is 0 Å². The maximum atomic E-state index is 12.1. The largest absolute Gasteiger partial charge is 0.395 e. The first-order chi connectivity index (χ1) is 8.31. The number of aliphatic hydroxyl groups excluding tert-OH is 1. The predicted molar refractivity (Wildman–Crippen MR) is 70.0 cm³/mol. The molecular weight excluding hydrogens is 258 g/mol. The van der Waals surface area contributed by atoms with E-state index in [9.17, 15) is 4.79 Å². The maximum Gasteiger partial charge on any atom is 0.253 e. The third-order valence-corrected chi connectivity index (χ3v) is 3.30. The molecule has 2 heterocycles. The molecule has 1 atom stereocenters. The summed E-state index contributed by atoms with van der Waals surface area (Å²) in [5, 5.41) is 12.0. The van der Waals surface area contributed by atoms with E-state index in [0.29, 0.717) is 19.7 Å². The van der Waals surface area contributed by atoms with Gasteiger partial charge in [-0.15, -0.1) is 12.4 Å². The van der Waals surface area contributed by atoms with Crippen LogP contribution in [-0.4, -0.2) is 85.9 Å². The van der Waals surface area contributed by atoms with E-state index < -0.39 is 0 Å². The van der Waals surface area contributed by atoms with Crippen molar-refractivity contribution in [3.05, 3.63) is 0 Å². The van der Waals surface area contributed by atoms with Crippen molar-refractivity contribution in [3.8, 4) is 0 Å². The lowest BCUT2D eigenvalue weighted by atomic mass is 10.2. The minimum Gasteiger partial charge on any atom is -0.395 e. The molecule has 0 aliphatic carbocycles. The second kappa shape index (κ2) is 7.91. The Hall–Kier alpha value is -0.400. The Morgan fingerprint density at radius 1 is 1.33 bits per heavy atom. The molecule has 0 aromatic rings. The highest BCUT2D eigenvalue weighted by Crippen LogP contribution is 2.07. The molecule has 7 heteroatoms. The zero-order valence-electron chi connectivity index (χ0n) is 10.5. The molecule has 0 aromatic heterocycles. The second-order valence-electron chi connectivity index (χ2n) is 4.45. The molecule has 6 nitrogen and oxygen atoms in total. The molecule has 0 bridgehead atoms. The minimum atomic E-state index is -0.312. The molecule has 1 amide bonds. The van der Waals surface area contributed by atoms with Crippen molar-refractivity contribution >= 4 is 18.3 Å². The molecule has 2 saturated heterocycles. The van der Waals surface area contributed by atoms with Crippen molar-refractivity contribution < 1.29 is 14.6 Å². The monoisotopic (exact) mass is 279 g/mol. The van der Waals surface area contributed by atoms with Crippen LogP contribution in [0.1, 0.15) is 0 Å². The normalized spacial score (nSPS) is 25.6. The van der Waals surface area contributed by atoms with E-state index in [4.69, 9.17) is 9.84 Å². The summed E-state index contributed by atoms with van der Waals surface area (Å²) in [5.41, 5.74) is 0. The van der Waals surface area contributed by atoms with E-state index in [1.807, 2.05) is 4.90 Å². The number of aliphatic hydroxyl groups is 1. The number of amides is 1. The van der Waals surface area contributed by atoms with Gasteiger partial charge >= 0.3 is 0 Å². The topological polar surface area (TPSA) is 65.0 Å². The molecule has 0 unspecified atom stereocenters. The van der Waals surface area contributed by atoms with Crippen LogP contribution in [0.25, 0.3) is 0 Å². The number of rotatable bonds is 3. The lowest BCUT2D eigenvalue weighted by Gasteiger charge is -2.36. The van der Waals surface area contributed by atoms with Crippen LogP contribution in [0.4, 0.5) is 0 Å². The van der Waals surface area contributed by atoms with E-state index >= 15 is 0 Å². The molecule has 0 aromatic carbocycles. The van der Waals surface area contributed by atoms with Crippen molar-refractivity contribution in [2.45, 2.75) is 6.10 Å². The Balaban J connectivity index is 0.00000162. The van der Waals surface area contributed by atoms with E-state index in [1.165, 1.54) is 0 Å². The van der Waals surface area contributed by atoms with Gasteiger partial charge in [-0.3, -0.25) is 9.69 Å². The Morgan fingerprint density at radius 2 is 2.06 bits per heavy atom. The summed E-state index contributed by atoms with van der Waals surface area (Å²) in [7, 11) is 0. The van der Waals surface area contributed by atoms with Crippen molar-refractivity contribution in [1.82, 2.24) is 15.1 Å². The number of nitrogens with zero attached hydrogens (tertiary/aromatic N) is 2. The fourth-order valence-corrected chi connectivity index (χ4v) is 2.26. The number of halogens is 1. The molecule has 0 saturated carbocycles. The fraction of sp³-hybridized carbons (Fsp3) is 0.909. The number of morpholine rings is 1. The van der Waals surface area contributed by atoms with Crippen LogP contribution in [-0.2, 0) is 9.53 Å². The highest BCUT2D eigenvalue weighted by molar-refractivity contribution is 5.85. The van der Waals surface area contributed by atoms with Gasteiger partial charge in [-0.25, -0.2) is 0 Å². The molecule has 2 aliphatic rings. The Kier molecular flexibility index (Phi) is 6.88. The molecule has 106 valence electrons. The summed E-state index contributed by atoms with van der Waals surface area (Å²) < 4.78 is 5.46. The molecule has 18 heavy (non-hydrogen) atoms. The summed E-state index contributed by atoms with van der Waals surface area (Å²) in [4.78, 5) is 16.1. The summed E-state index contributed by atoms with van der Waals surface area (Å²) >= 11 is 0.